The Morgan fingerprint density at radius 1 is 1.08 bits per heavy atom. The molecule has 2 heterocycles. The van der Waals surface area contributed by atoms with Crippen molar-refractivity contribution in [1.82, 2.24) is 0 Å². The van der Waals surface area contributed by atoms with Gasteiger partial charge in [-0.3, -0.25) is 4.79 Å². The number of thioether (sulfide) groups is 1. The number of hydrogen-bond donors (Lipinski definition) is 0. The number of rotatable bonds is 2. The van der Waals surface area contributed by atoms with Crippen molar-refractivity contribution in [3.8, 4) is 0 Å². The van der Waals surface area contributed by atoms with E-state index in [1.54, 1.807) is 53.4 Å². The predicted octanol–water partition coefficient (Wildman–Crippen LogP) is 2.74. The molecule has 0 radical (unpaired) electrons. The van der Waals surface area contributed by atoms with Gasteiger partial charge in [0.05, 0.1) is 23.2 Å². The van der Waals surface area contributed by atoms with Crippen LogP contribution < -0.4 is 4.90 Å². The Balaban J connectivity index is 1.75. The summed E-state index contributed by atoms with van der Waals surface area (Å²) in [5.74, 6) is -0.973. The van der Waals surface area contributed by atoms with E-state index in [1.807, 2.05) is 0 Å². The lowest BCUT2D eigenvalue weighted by atomic mass is 10.2. The van der Waals surface area contributed by atoms with Gasteiger partial charge in [0.1, 0.15) is 5.82 Å². The maximum absolute atomic E-state index is 14.4. The summed E-state index contributed by atoms with van der Waals surface area (Å²) < 4.78 is 38.4. The van der Waals surface area contributed by atoms with Crippen molar-refractivity contribution >= 4 is 38.4 Å². The summed E-state index contributed by atoms with van der Waals surface area (Å²) in [6.45, 7) is 0. The Morgan fingerprint density at radius 3 is 2.50 bits per heavy atom. The normalized spacial score (nSPS) is 25.4. The number of sulfone groups is 1. The van der Waals surface area contributed by atoms with Crippen molar-refractivity contribution in [3.63, 3.8) is 0 Å². The zero-order chi connectivity index (χ0) is 18.3. The number of carbonyl (C=O) groups excluding carboxylic acids is 1. The van der Waals surface area contributed by atoms with E-state index in [1.165, 1.54) is 17.8 Å². The average Bonchev–Trinajstić information content (AvgIpc) is 3.07. The number of amides is 1. The molecule has 26 heavy (non-hydrogen) atoms. The summed E-state index contributed by atoms with van der Waals surface area (Å²) in [4.78, 5) is 18.2. The van der Waals surface area contributed by atoms with Gasteiger partial charge in [0.15, 0.2) is 15.0 Å². The second-order valence-corrected chi connectivity index (χ2v) is 9.55. The predicted molar refractivity (Wildman–Crippen MR) is 101 cm³/mol. The molecule has 2 fully saturated rings. The minimum Gasteiger partial charge on any atom is -0.313 e. The standard InChI is InChI=1S/C18H15FN2O3S2/c19-13-8-4-5-9-14(13)21-15-10-26(23,24)11-16(15)25-18(21)20-17(22)12-6-2-1-3-7-12/h1-9,15-16H,10-11H2/t15-,16-/m1/s1. The van der Waals surface area contributed by atoms with E-state index in [0.29, 0.717) is 10.7 Å². The SMILES string of the molecule is O=C(N=C1S[C@@H]2CS(=O)(=O)C[C@H]2N1c1ccccc1F)c1ccccc1. The summed E-state index contributed by atoms with van der Waals surface area (Å²) in [6, 6.07) is 14.3. The van der Waals surface area contributed by atoms with Gasteiger partial charge in [0, 0.05) is 10.8 Å². The number of hydrogen-bond acceptors (Lipinski definition) is 4. The highest BCUT2D eigenvalue weighted by molar-refractivity contribution is 8.16. The molecule has 1 amide bonds. The summed E-state index contributed by atoms with van der Waals surface area (Å²) in [7, 11) is -3.19. The lowest BCUT2D eigenvalue weighted by molar-refractivity contribution is 0.100. The molecule has 2 aliphatic rings. The third-order valence-corrected chi connectivity index (χ3v) is 7.61. The van der Waals surface area contributed by atoms with Gasteiger partial charge < -0.3 is 4.90 Å². The van der Waals surface area contributed by atoms with E-state index in [-0.39, 0.29) is 22.4 Å². The number of carbonyl (C=O) groups is 1. The monoisotopic (exact) mass is 390 g/mol. The number of benzene rings is 2. The van der Waals surface area contributed by atoms with Crippen LogP contribution in [0.5, 0.6) is 0 Å². The van der Waals surface area contributed by atoms with Crippen molar-refractivity contribution < 1.29 is 17.6 Å². The fourth-order valence-corrected chi connectivity index (χ4v) is 7.13. The van der Waals surface area contributed by atoms with Crippen molar-refractivity contribution in [2.75, 3.05) is 16.4 Å². The fraction of sp³-hybridized carbons (Fsp3) is 0.222. The summed E-state index contributed by atoms with van der Waals surface area (Å²) in [5, 5.41) is 0.0794. The highest BCUT2D eigenvalue weighted by Crippen LogP contribution is 2.41. The minimum atomic E-state index is -3.19. The number of nitrogens with zero attached hydrogens (tertiary/aromatic N) is 2. The quantitative estimate of drug-likeness (QED) is 0.789. The van der Waals surface area contributed by atoms with Gasteiger partial charge in [-0.15, -0.1) is 0 Å². The zero-order valence-electron chi connectivity index (χ0n) is 13.6. The van der Waals surface area contributed by atoms with E-state index in [9.17, 15) is 17.6 Å². The van der Waals surface area contributed by atoms with E-state index in [4.69, 9.17) is 0 Å². The Kier molecular flexibility index (Phi) is 4.32. The van der Waals surface area contributed by atoms with E-state index in [2.05, 4.69) is 4.99 Å². The molecule has 0 bridgehead atoms. The van der Waals surface area contributed by atoms with Gasteiger partial charge in [-0.2, -0.15) is 4.99 Å². The van der Waals surface area contributed by atoms with Gasteiger partial charge in [-0.05, 0) is 24.3 Å². The molecule has 4 rings (SSSR count). The highest BCUT2D eigenvalue weighted by Gasteiger charge is 2.49. The number of aliphatic imine (C=N–C) groups is 1. The topological polar surface area (TPSA) is 66.8 Å². The minimum absolute atomic E-state index is 0.00579. The third kappa shape index (κ3) is 3.14. The van der Waals surface area contributed by atoms with Crippen molar-refractivity contribution in [2.24, 2.45) is 4.99 Å². The Morgan fingerprint density at radius 2 is 1.77 bits per heavy atom. The molecule has 0 unspecified atom stereocenters. The molecular weight excluding hydrogens is 375 g/mol. The lowest BCUT2D eigenvalue weighted by Crippen LogP contribution is -2.38. The van der Waals surface area contributed by atoms with Gasteiger partial charge in [0.2, 0.25) is 0 Å². The molecule has 2 aliphatic heterocycles. The number of fused-ring (bicyclic) bond motifs is 1. The van der Waals surface area contributed by atoms with Crippen LogP contribution in [-0.2, 0) is 9.84 Å². The summed E-state index contributed by atoms with van der Waals surface area (Å²) >= 11 is 1.23. The highest BCUT2D eigenvalue weighted by atomic mass is 32.2. The summed E-state index contributed by atoms with van der Waals surface area (Å²) in [5.41, 5.74) is 0.669. The van der Waals surface area contributed by atoms with Crippen LogP contribution in [0.15, 0.2) is 59.6 Å². The zero-order valence-corrected chi connectivity index (χ0v) is 15.2. The van der Waals surface area contributed by atoms with Crippen molar-refractivity contribution in [2.45, 2.75) is 11.3 Å². The first kappa shape index (κ1) is 17.2. The first-order valence-corrected chi connectivity index (χ1v) is 10.7. The lowest BCUT2D eigenvalue weighted by Gasteiger charge is -2.24. The largest absolute Gasteiger partial charge is 0.313 e. The number of halogens is 1. The van der Waals surface area contributed by atoms with Crippen molar-refractivity contribution in [1.29, 1.82) is 0 Å². The second-order valence-electron chi connectivity index (χ2n) is 6.19. The van der Waals surface area contributed by atoms with E-state index in [0.717, 1.165) is 0 Å². The van der Waals surface area contributed by atoms with E-state index >= 15 is 0 Å². The molecule has 2 saturated heterocycles. The molecule has 2 aromatic carbocycles. The smallest absolute Gasteiger partial charge is 0.279 e. The molecule has 2 aromatic rings. The van der Waals surface area contributed by atoms with Gasteiger partial charge in [-0.25, -0.2) is 12.8 Å². The first-order valence-electron chi connectivity index (χ1n) is 8.03. The van der Waals surface area contributed by atoms with Crippen LogP contribution in [0, 0.1) is 5.82 Å². The number of para-hydroxylation sites is 1. The Labute approximate surface area is 154 Å². The number of anilines is 1. The van der Waals surface area contributed by atoms with E-state index < -0.39 is 27.6 Å². The molecular formula is C18H15FN2O3S2. The molecule has 0 N–H and O–H groups in total. The third-order valence-electron chi connectivity index (χ3n) is 4.40. The molecule has 0 aromatic heterocycles. The van der Waals surface area contributed by atoms with Crippen LogP contribution in [0.25, 0.3) is 0 Å². The molecule has 0 spiro atoms. The van der Waals surface area contributed by atoms with Gasteiger partial charge in [-0.1, -0.05) is 42.1 Å². The molecule has 134 valence electrons. The molecule has 8 heteroatoms. The van der Waals surface area contributed by atoms with Crippen LogP contribution in [0.2, 0.25) is 0 Å². The van der Waals surface area contributed by atoms with Gasteiger partial charge >= 0.3 is 0 Å². The maximum atomic E-state index is 14.4. The van der Waals surface area contributed by atoms with Crippen LogP contribution in [0.1, 0.15) is 10.4 Å². The molecule has 0 saturated carbocycles. The Bertz CT molecular complexity index is 993. The second kappa shape index (κ2) is 6.51. The first-order chi connectivity index (χ1) is 12.4. The van der Waals surface area contributed by atoms with Crippen LogP contribution in [0.4, 0.5) is 10.1 Å². The molecule has 0 aliphatic carbocycles. The van der Waals surface area contributed by atoms with Crippen LogP contribution in [-0.4, -0.2) is 42.3 Å². The molecule has 2 atom stereocenters. The van der Waals surface area contributed by atoms with Crippen molar-refractivity contribution in [3.05, 3.63) is 66.0 Å². The fourth-order valence-electron chi connectivity index (χ4n) is 3.23. The van der Waals surface area contributed by atoms with Crippen LogP contribution in [0.3, 0.4) is 0 Å². The Hall–Kier alpha value is -2.19. The van der Waals surface area contributed by atoms with Gasteiger partial charge in [0.25, 0.3) is 5.91 Å². The maximum Gasteiger partial charge on any atom is 0.279 e. The molecule has 5 nitrogen and oxygen atoms in total. The average molecular weight is 390 g/mol. The number of amidine groups is 1. The van der Waals surface area contributed by atoms with Crippen LogP contribution >= 0.6 is 11.8 Å². The summed E-state index contributed by atoms with van der Waals surface area (Å²) in [6.07, 6.45) is 0.